The maximum atomic E-state index is 12.5. The van der Waals surface area contributed by atoms with E-state index in [1.54, 1.807) is 0 Å². The van der Waals surface area contributed by atoms with E-state index in [9.17, 15) is 24.9 Å². The SMILES string of the molecule is Nc1ncnc2c1ncn2[C@@H]1O[C@H](CO)[C@]2(O)C(=O)CCC(=O)[C@@]12O. The highest BCUT2D eigenvalue weighted by atomic mass is 16.6. The van der Waals surface area contributed by atoms with Gasteiger partial charge in [0.05, 0.1) is 12.9 Å². The molecule has 2 aromatic heterocycles. The average molecular weight is 349 g/mol. The number of aromatic nitrogens is 4. The summed E-state index contributed by atoms with van der Waals surface area (Å²) < 4.78 is 6.73. The summed E-state index contributed by atoms with van der Waals surface area (Å²) in [7, 11) is 0. The van der Waals surface area contributed by atoms with Crippen LogP contribution in [0.25, 0.3) is 11.2 Å². The first-order valence-electron chi connectivity index (χ1n) is 7.56. The molecule has 4 rings (SSSR count). The zero-order valence-electron chi connectivity index (χ0n) is 12.9. The molecule has 11 heteroatoms. The first-order chi connectivity index (χ1) is 11.9. The largest absolute Gasteiger partial charge is 0.394 e. The topological polar surface area (TPSA) is 174 Å². The van der Waals surface area contributed by atoms with Crippen molar-refractivity contribution >= 4 is 28.5 Å². The highest BCUT2D eigenvalue weighted by molar-refractivity contribution is 6.06. The molecule has 1 aliphatic carbocycles. The maximum absolute atomic E-state index is 12.5. The number of hydrogen-bond donors (Lipinski definition) is 4. The number of nitrogen functional groups attached to an aromatic ring is 1. The molecule has 1 aliphatic heterocycles. The number of ether oxygens (including phenoxy) is 1. The summed E-state index contributed by atoms with van der Waals surface area (Å²) in [5.41, 5.74) is 0.941. The Labute approximate surface area is 140 Å². The van der Waals surface area contributed by atoms with Gasteiger partial charge in [0.15, 0.2) is 34.9 Å². The third-order valence-corrected chi connectivity index (χ3v) is 4.93. The van der Waals surface area contributed by atoms with Gasteiger partial charge in [-0.3, -0.25) is 14.2 Å². The molecule has 0 spiro atoms. The van der Waals surface area contributed by atoms with Gasteiger partial charge >= 0.3 is 0 Å². The van der Waals surface area contributed by atoms with Crippen molar-refractivity contribution in [1.29, 1.82) is 0 Å². The number of ketones is 2. The van der Waals surface area contributed by atoms with Crippen LogP contribution in [0.5, 0.6) is 0 Å². The van der Waals surface area contributed by atoms with Crippen LogP contribution in [0.15, 0.2) is 12.7 Å². The molecule has 3 heterocycles. The second-order valence-corrected chi connectivity index (χ2v) is 6.12. The van der Waals surface area contributed by atoms with E-state index in [1.807, 2.05) is 0 Å². The van der Waals surface area contributed by atoms with Gasteiger partial charge < -0.3 is 25.8 Å². The lowest BCUT2D eigenvalue weighted by atomic mass is 9.68. The fourth-order valence-electron chi connectivity index (χ4n) is 3.62. The quantitative estimate of drug-likeness (QED) is 0.461. The molecule has 0 unspecified atom stereocenters. The van der Waals surface area contributed by atoms with Crippen LogP contribution in [-0.2, 0) is 14.3 Å². The highest BCUT2D eigenvalue weighted by Gasteiger charge is 2.74. The lowest BCUT2D eigenvalue weighted by molar-refractivity contribution is -0.190. The molecule has 5 N–H and O–H groups in total. The van der Waals surface area contributed by atoms with Gasteiger partial charge in [0.2, 0.25) is 5.60 Å². The van der Waals surface area contributed by atoms with Crippen molar-refractivity contribution in [3.8, 4) is 0 Å². The summed E-state index contributed by atoms with van der Waals surface area (Å²) in [5.74, 6) is -1.46. The number of imidazole rings is 1. The normalized spacial score (nSPS) is 35.3. The molecule has 0 radical (unpaired) electrons. The van der Waals surface area contributed by atoms with E-state index in [1.165, 1.54) is 17.2 Å². The standard InChI is InChI=1S/C14H15N5O6/c15-10-9-11(17-4-16-10)19(5-18-9)12-14(24)7(22)2-1-6(21)13(14,23)8(3-20)25-12/h4-5,8,12,20,23-24H,1-3H2,(H2,15,16,17)/t8-,12-,13-,14-/m1/s1. The van der Waals surface area contributed by atoms with E-state index >= 15 is 0 Å². The molecule has 132 valence electrons. The van der Waals surface area contributed by atoms with E-state index in [2.05, 4.69) is 15.0 Å². The number of aliphatic hydroxyl groups excluding tert-OH is 1. The molecule has 1 saturated carbocycles. The predicted molar refractivity (Wildman–Crippen MR) is 79.9 cm³/mol. The molecule has 0 amide bonds. The minimum absolute atomic E-state index is 0.0775. The predicted octanol–water partition coefficient (Wildman–Crippen LogP) is -2.31. The number of carbonyl (C=O) groups is 2. The molecular formula is C14H15N5O6. The van der Waals surface area contributed by atoms with Crippen molar-refractivity contribution in [3.63, 3.8) is 0 Å². The Balaban J connectivity index is 1.94. The van der Waals surface area contributed by atoms with E-state index in [-0.39, 0.29) is 29.8 Å². The Morgan fingerprint density at radius 3 is 2.56 bits per heavy atom. The van der Waals surface area contributed by atoms with Gasteiger partial charge in [-0.1, -0.05) is 0 Å². The zero-order chi connectivity index (χ0) is 18.0. The lowest BCUT2D eigenvalue weighted by Crippen LogP contribution is -2.69. The number of carbonyl (C=O) groups excluding carboxylic acids is 2. The summed E-state index contributed by atoms with van der Waals surface area (Å²) in [6, 6.07) is 0. The van der Waals surface area contributed by atoms with Gasteiger partial charge in [-0.05, 0) is 0 Å². The molecule has 4 atom stereocenters. The zero-order valence-corrected chi connectivity index (χ0v) is 12.9. The number of fused-ring (bicyclic) bond motifs is 2. The van der Waals surface area contributed by atoms with Gasteiger partial charge in [0.1, 0.15) is 17.9 Å². The third-order valence-electron chi connectivity index (χ3n) is 4.93. The third kappa shape index (κ3) is 1.75. The van der Waals surface area contributed by atoms with Gasteiger partial charge in [0.25, 0.3) is 0 Å². The first kappa shape index (κ1) is 16.0. The fraction of sp³-hybridized carbons (Fsp3) is 0.500. The molecule has 1 saturated heterocycles. The summed E-state index contributed by atoms with van der Waals surface area (Å²) >= 11 is 0. The van der Waals surface area contributed by atoms with Crippen LogP contribution < -0.4 is 5.73 Å². The number of hydrogen-bond acceptors (Lipinski definition) is 10. The van der Waals surface area contributed by atoms with Crippen LogP contribution in [0.2, 0.25) is 0 Å². The Morgan fingerprint density at radius 1 is 1.20 bits per heavy atom. The van der Waals surface area contributed by atoms with Gasteiger partial charge in [-0.25, -0.2) is 15.0 Å². The van der Waals surface area contributed by atoms with Crippen molar-refractivity contribution in [1.82, 2.24) is 19.5 Å². The number of Topliss-reactive ketones (excluding diaryl/α,β-unsaturated/α-hetero) is 2. The van der Waals surface area contributed by atoms with Crippen molar-refractivity contribution < 1.29 is 29.6 Å². The van der Waals surface area contributed by atoms with E-state index < -0.39 is 41.7 Å². The van der Waals surface area contributed by atoms with Crippen LogP contribution in [-0.4, -0.2) is 70.3 Å². The van der Waals surface area contributed by atoms with Crippen molar-refractivity contribution in [2.45, 2.75) is 36.4 Å². The number of aliphatic hydroxyl groups is 3. The van der Waals surface area contributed by atoms with Crippen LogP contribution >= 0.6 is 0 Å². The fourth-order valence-corrected chi connectivity index (χ4v) is 3.62. The van der Waals surface area contributed by atoms with E-state index in [0.717, 1.165) is 0 Å². The Bertz CT molecular complexity index is 899. The smallest absolute Gasteiger partial charge is 0.207 e. The molecule has 25 heavy (non-hydrogen) atoms. The minimum Gasteiger partial charge on any atom is -0.394 e. The Kier molecular flexibility index (Phi) is 3.22. The molecule has 2 fully saturated rings. The summed E-state index contributed by atoms with van der Waals surface area (Å²) in [4.78, 5) is 36.7. The van der Waals surface area contributed by atoms with E-state index in [0.29, 0.717) is 0 Å². The van der Waals surface area contributed by atoms with Crippen molar-refractivity contribution in [3.05, 3.63) is 12.7 Å². The summed E-state index contributed by atoms with van der Waals surface area (Å²) in [5, 5.41) is 31.5. The first-order valence-corrected chi connectivity index (χ1v) is 7.56. The van der Waals surface area contributed by atoms with Gasteiger partial charge in [0, 0.05) is 12.8 Å². The van der Waals surface area contributed by atoms with Crippen LogP contribution in [0, 0.1) is 0 Å². The maximum Gasteiger partial charge on any atom is 0.207 e. The highest BCUT2D eigenvalue weighted by Crippen LogP contribution is 2.50. The van der Waals surface area contributed by atoms with Gasteiger partial charge in [-0.2, -0.15) is 0 Å². The van der Waals surface area contributed by atoms with Gasteiger partial charge in [-0.15, -0.1) is 0 Å². The monoisotopic (exact) mass is 349 g/mol. The van der Waals surface area contributed by atoms with Crippen LogP contribution in [0.4, 0.5) is 5.82 Å². The number of nitrogens with two attached hydrogens (primary N) is 1. The number of nitrogens with zero attached hydrogens (tertiary/aromatic N) is 4. The molecule has 0 bridgehead atoms. The Hall–Kier alpha value is -2.47. The molecule has 0 aromatic carbocycles. The molecular weight excluding hydrogens is 334 g/mol. The molecule has 2 aromatic rings. The second kappa shape index (κ2) is 5.02. The molecule has 11 nitrogen and oxygen atoms in total. The average Bonchev–Trinajstić information content (AvgIpc) is 3.12. The number of rotatable bonds is 2. The van der Waals surface area contributed by atoms with Crippen molar-refractivity contribution in [2.75, 3.05) is 12.3 Å². The lowest BCUT2D eigenvalue weighted by Gasteiger charge is -2.41. The van der Waals surface area contributed by atoms with Crippen LogP contribution in [0.1, 0.15) is 19.1 Å². The van der Waals surface area contributed by atoms with Crippen molar-refractivity contribution in [2.24, 2.45) is 0 Å². The summed E-state index contributed by atoms with van der Waals surface area (Å²) in [6.07, 6.45) is -1.10. The molecule has 2 aliphatic rings. The minimum atomic E-state index is -2.58. The van der Waals surface area contributed by atoms with E-state index in [4.69, 9.17) is 10.5 Å². The summed E-state index contributed by atoms with van der Waals surface area (Å²) in [6.45, 7) is -0.766. The Morgan fingerprint density at radius 2 is 1.88 bits per heavy atom. The number of anilines is 1. The van der Waals surface area contributed by atoms with Crippen LogP contribution in [0.3, 0.4) is 0 Å². The second-order valence-electron chi connectivity index (χ2n) is 6.12.